The van der Waals surface area contributed by atoms with Crippen LogP contribution in [0.25, 0.3) is 11.1 Å². The fraction of sp³-hybridized carbons (Fsp3) is 0.321. The molecule has 0 fully saturated rings. The Kier molecular flexibility index (Phi) is 6.26. The zero-order valence-electron chi connectivity index (χ0n) is 19.6. The molecule has 3 aromatic carbocycles. The average Bonchev–Trinajstić information content (AvgIpc) is 2.72. The van der Waals surface area contributed by atoms with Gasteiger partial charge in [0, 0.05) is 11.1 Å². The van der Waals surface area contributed by atoms with Crippen LogP contribution in [0.15, 0.2) is 66.7 Å². The maximum Gasteiger partial charge on any atom is 0.343 e. The molecule has 162 valence electrons. The van der Waals surface area contributed by atoms with Crippen molar-refractivity contribution in [3.8, 4) is 22.6 Å². The molecule has 0 aliphatic rings. The molecule has 0 radical (unpaired) electrons. The number of rotatable bonds is 4. The molecule has 0 saturated carbocycles. The summed E-state index contributed by atoms with van der Waals surface area (Å²) < 4.78 is 11.4. The topological polar surface area (TPSA) is 35.5 Å². The second-order valence-electron chi connectivity index (χ2n) is 9.88. The van der Waals surface area contributed by atoms with Gasteiger partial charge in [0.2, 0.25) is 0 Å². The summed E-state index contributed by atoms with van der Waals surface area (Å²) in [4.78, 5) is 12.6. The van der Waals surface area contributed by atoms with Crippen molar-refractivity contribution in [2.24, 2.45) is 0 Å². The van der Waals surface area contributed by atoms with Gasteiger partial charge in [0.15, 0.2) is 0 Å². The summed E-state index contributed by atoms with van der Waals surface area (Å²) in [6.45, 7) is 12.9. The molecule has 3 nitrogen and oxygen atoms in total. The number of hydrogen-bond acceptors (Lipinski definition) is 3. The summed E-state index contributed by atoms with van der Waals surface area (Å²) in [7, 11) is 1.71. The van der Waals surface area contributed by atoms with Gasteiger partial charge in [-0.3, -0.25) is 0 Å². The Balaban J connectivity index is 2.04. The van der Waals surface area contributed by atoms with Crippen LogP contribution < -0.4 is 9.47 Å². The third kappa shape index (κ3) is 5.16. The van der Waals surface area contributed by atoms with E-state index in [-0.39, 0.29) is 16.8 Å². The molecule has 0 N–H and O–H groups in total. The van der Waals surface area contributed by atoms with Crippen LogP contribution >= 0.6 is 0 Å². The summed E-state index contributed by atoms with van der Waals surface area (Å²) in [6.07, 6.45) is 0. The van der Waals surface area contributed by atoms with Gasteiger partial charge in [-0.2, -0.15) is 0 Å². The van der Waals surface area contributed by atoms with Gasteiger partial charge in [0.25, 0.3) is 0 Å². The van der Waals surface area contributed by atoms with Crippen LogP contribution in [0.3, 0.4) is 0 Å². The average molecular weight is 417 g/mol. The summed E-state index contributed by atoms with van der Waals surface area (Å²) in [5, 5.41) is 0. The molecule has 0 unspecified atom stereocenters. The second kappa shape index (κ2) is 8.58. The molecule has 0 aliphatic heterocycles. The summed E-state index contributed by atoms with van der Waals surface area (Å²) in [5.41, 5.74) is 4.64. The first-order valence-corrected chi connectivity index (χ1v) is 10.6. The van der Waals surface area contributed by atoms with Crippen LogP contribution in [-0.4, -0.2) is 13.1 Å². The van der Waals surface area contributed by atoms with Crippen molar-refractivity contribution in [1.82, 2.24) is 0 Å². The summed E-state index contributed by atoms with van der Waals surface area (Å²) in [5.74, 6) is 1.13. The number of methoxy groups -OCH3 is 1. The van der Waals surface area contributed by atoms with Gasteiger partial charge in [-0.1, -0.05) is 71.9 Å². The molecular formula is C28H32O3. The van der Waals surface area contributed by atoms with E-state index in [1.165, 1.54) is 0 Å². The number of carbonyl (C=O) groups is 1. The van der Waals surface area contributed by atoms with E-state index in [9.17, 15) is 4.79 Å². The van der Waals surface area contributed by atoms with Gasteiger partial charge in [-0.15, -0.1) is 0 Å². The van der Waals surface area contributed by atoms with Crippen LogP contribution in [0.4, 0.5) is 0 Å². The zero-order chi connectivity index (χ0) is 22.8. The monoisotopic (exact) mass is 416 g/mol. The smallest absolute Gasteiger partial charge is 0.343 e. The van der Waals surface area contributed by atoms with Gasteiger partial charge in [-0.05, 0) is 58.4 Å². The lowest BCUT2D eigenvalue weighted by molar-refractivity contribution is 0.0732. The third-order valence-electron chi connectivity index (χ3n) is 5.34. The highest BCUT2D eigenvalue weighted by Gasteiger charge is 2.23. The minimum Gasteiger partial charge on any atom is -0.496 e. The Morgan fingerprint density at radius 3 is 1.65 bits per heavy atom. The molecule has 0 aromatic heterocycles. The van der Waals surface area contributed by atoms with Crippen LogP contribution in [0.2, 0.25) is 0 Å². The Morgan fingerprint density at radius 2 is 1.16 bits per heavy atom. The molecular weight excluding hydrogens is 384 g/mol. The Bertz CT molecular complexity index is 1070. The zero-order valence-corrected chi connectivity index (χ0v) is 19.6. The first kappa shape index (κ1) is 22.6. The van der Waals surface area contributed by atoms with Gasteiger partial charge >= 0.3 is 5.97 Å². The lowest BCUT2D eigenvalue weighted by Crippen LogP contribution is -2.16. The van der Waals surface area contributed by atoms with E-state index in [2.05, 4.69) is 59.7 Å². The first-order valence-electron chi connectivity index (χ1n) is 10.6. The minimum atomic E-state index is -0.349. The van der Waals surface area contributed by atoms with Crippen LogP contribution in [-0.2, 0) is 10.8 Å². The van der Waals surface area contributed by atoms with Crippen molar-refractivity contribution in [1.29, 1.82) is 0 Å². The fourth-order valence-electron chi connectivity index (χ4n) is 3.59. The predicted octanol–water partition coefficient (Wildman–Crippen LogP) is 7.18. The highest BCUT2D eigenvalue weighted by Crippen LogP contribution is 2.38. The maximum atomic E-state index is 12.6. The van der Waals surface area contributed by atoms with Crippen molar-refractivity contribution in [3.63, 3.8) is 0 Å². The van der Waals surface area contributed by atoms with Gasteiger partial charge in [0.1, 0.15) is 11.5 Å². The quantitative estimate of drug-likeness (QED) is 0.334. The molecule has 0 heterocycles. The predicted molar refractivity (Wildman–Crippen MR) is 127 cm³/mol. The third-order valence-corrected chi connectivity index (χ3v) is 5.34. The van der Waals surface area contributed by atoms with Crippen LogP contribution in [0.5, 0.6) is 11.5 Å². The van der Waals surface area contributed by atoms with Gasteiger partial charge < -0.3 is 9.47 Å². The lowest BCUT2D eigenvalue weighted by atomic mass is 9.82. The molecule has 0 amide bonds. The van der Waals surface area contributed by atoms with E-state index in [1.54, 1.807) is 19.2 Å². The number of benzene rings is 3. The fourth-order valence-corrected chi connectivity index (χ4v) is 3.59. The Labute approximate surface area is 186 Å². The highest BCUT2D eigenvalue weighted by molar-refractivity contribution is 5.91. The van der Waals surface area contributed by atoms with Crippen LogP contribution in [0, 0.1) is 0 Å². The van der Waals surface area contributed by atoms with Crippen LogP contribution in [0.1, 0.15) is 63.0 Å². The minimum absolute atomic E-state index is 0.0423. The van der Waals surface area contributed by atoms with E-state index >= 15 is 0 Å². The van der Waals surface area contributed by atoms with E-state index < -0.39 is 0 Å². The maximum absolute atomic E-state index is 12.6. The molecule has 0 atom stereocenters. The van der Waals surface area contributed by atoms with E-state index in [1.807, 2.05) is 36.4 Å². The standard InChI is InChI=1S/C28H32O3/c1-27(2,3)22-17-20(13-15-24(22)30-7)21-14-16-25(23(18-21)28(4,5)6)31-26(29)19-11-9-8-10-12-19/h8-18H,1-7H3. The van der Waals surface area contributed by atoms with Gasteiger partial charge in [0.05, 0.1) is 12.7 Å². The lowest BCUT2D eigenvalue weighted by Gasteiger charge is -2.25. The summed E-state index contributed by atoms with van der Waals surface area (Å²) >= 11 is 0. The second-order valence-corrected chi connectivity index (χ2v) is 9.88. The number of esters is 1. The molecule has 0 bridgehead atoms. The van der Waals surface area contributed by atoms with E-state index in [0.717, 1.165) is 28.0 Å². The number of ether oxygens (including phenoxy) is 2. The largest absolute Gasteiger partial charge is 0.496 e. The van der Waals surface area contributed by atoms with Crippen molar-refractivity contribution in [3.05, 3.63) is 83.4 Å². The molecule has 0 aliphatic carbocycles. The van der Waals surface area contributed by atoms with E-state index in [4.69, 9.17) is 9.47 Å². The molecule has 0 spiro atoms. The summed E-state index contributed by atoms with van der Waals surface area (Å²) in [6, 6.07) is 21.4. The van der Waals surface area contributed by atoms with Gasteiger partial charge in [-0.25, -0.2) is 4.79 Å². The van der Waals surface area contributed by atoms with Crippen molar-refractivity contribution in [2.45, 2.75) is 52.4 Å². The number of carbonyl (C=O) groups excluding carboxylic acids is 1. The molecule has 31 heavy (non-hydrogen) atoms. The normalized spacial score (nSPS) is 11.8. The van der Waals surface area contributed by atoms with E-state index in [0.29, 0.717) is 11.3 Å². The first-order chi connectivity index (χ1) is 14.5. The Hall–Kier alpha value is -3.07. The van der Waals surface area contributed by atoms with Crippen molar-refractivity contribution < 1.29 is 14.3 Å². The molecule has 3 heteroatoms. The van der Waals surface area contributed by atoms with Crippen molar-refractivity contribution in [2.75, 3.05) is 7.11 Å². The SMILES string of the molecule is COc1ccc(-c2ccc(OC(=O)c3ccccc3)c(C(C)(C)C)c2)cc1C(C)(C)C. The Morgan fingerprint density at radius 1 is 0.677 bits per heavy atom. The number of hydrogen-bond donors (Lipinski definition) is 0. The molecule has 3 rings (SSSR count). The highest BCUT2D eigenvalue weighted by atomic mass is 16.5. The molecule has 0 saturated heterocycles. The molecule has 3 aromatic rings. The van der Waals surface area contributed by atoms with Crippen molar-refractivity contribution >= 4 is 5.97 Å².